The second-order valence-corrected chi connectivity index (χ2v) is 3.98. The van der Waals surface area contributed by atoms with Crippen molar-refractivity contribution in [2.24, 2.45) is 0 Å². The fourth-order valence-electron chi connectivity index (χ4n) is 1.14. The molecule has 16 heavy (non-hydrogen) atoms. The number of benzene rings is 1. The number of hydrogen-bond acceptors (Lipinski definition) is 3. The van der Waals surface area contributed by atoms with Gasteiger partial charge >= 0.3 is 0 Å². The van der Waals surface area contributed by atoms with Crippen LogP contribution < -0.4 is 4.74 Å². The summed E-state index contributed by atoms with van der Waals surface area (Å²) in [5.74, 6) is 0.569. The van der Waals surface area contributed by atoms with Gasteiger partial charge in [0.05, 0.1) is 17.7 Å². The van der Waals surface area contributed by atoms with Crippen LogP contribution in [-0.2, 0) is 4.74 Å². The molecule has 0 amide bonds. The maximum Gasteiger partial charge on any atom is 0.150 e. The van der Waals surface area contributed by atoms with Crippen molar-refractivity contribution in [3.05, 3.63) is 28.8 Å². The molecule has 0 unspecified atom stereocenters. The van der Waals surface area contributed by atoms with E-state index < -0.39 is 0 Å². The van der Waals surface area contributed by atoms with Gasteiger partial charge in [-0.25, -0.2) is 0 Å². The lowest BCUT2D eigenvalue weighted by molar-refractivity contribution is 0.0553. The van der Waals surface area contributed by atoms with Crippen LogP contribution in [0.5, 0.6) is 5.75 Å². The van der Waals surface area contributed by atoms with E-state index in [1.165, 1.54) is 0 Å². The molecule has 0 N–H and O–H groups in total. The number of aldehydes is 1. The molecule has 0 radical (unpaired) electrons. The van der Waals surface area contributed by atoms with Crippen LogP contribution in [-0.4, -0.2) is 25.6 Å². The average molecular weight is 243 g/mol. The van der Waals surface area contributed by atoms with E-state index in [1.54, 1.807) is 18.2 Å². The summed E-state index contributed by atoms with van der Waals surface area (Å²) >= 11 is 5.92. The Kier molecular flexibility index (Phi) is 5.29. The Labute approximate surface area is 100 Å². The Bertz CT molecular complexity index is 350. The summed E-state index contributed by atoms with van der Waals surface area (Å²) in [7, 11) is 0. The van der Waals surface area contributed by atoms with Crippen molar-refractivity contribution in [3.8, 4) is 5.75 Å². The van der Waals surface area contributed by atoms with Crippen molar-refractivity contribution in [2.45, 2.75) is 20.0 Å². The fraction of sp³-hybridized carbons (Fsp3) is 0.417. The lowest BCUT2D eigenvalue weighted by atomic mass is 10.2. The fourth-order valence-corrected chi connectivity index (χ4v) is 1.39. The first kappa shape index (κ1) is 13.0. The van der Waals surface area contributed by atoms with Gasteiger partial charge in [0.25, 0.3) is 0 Å². The molecule has 0 saturated carbocycles. The number of halogens is 1. The summed E-state index contributed by atoms with van der Waals surface area (Å²) in [6.45, 7) is 4.89. The largest absolute Gasteiger partial charge is 0.490 e. The van der Waals surface area contributed by atoms with Gasteiger partial charge in [-0.1, -0.05) is 11.6 Å². The van der Waals surface area contributed by atoms with E-state index in [0.29, 0.717) is 29.5 Å². The first-order valence-corrected chi connectivity index (χ1v) is 5.50. The monoisotopic (exact) mass is 242 g/mol. The smallest absolute Gasteiger partial charge is 0.150 e. The minimum atomic E-state index is 0.191. The molecule has 0 aromatic heterocycles. The van der Waals surface area contributed by atoms with Gasteiger partial charge in [-0.3, -0.25) is 4.79 Å². The molecular weight excluding hydrogens is 228 g/mol. The van der Waals surface area contributed by atoms with Crippen molar-refractivity contribution in [1.82, 2.24) is 0 Å². The number of rotatable bonds is 6. The third kappa shape index (κ3) is 4.21. The highest BCUT2D eigenvalue weighted by atomic mass is 35.5. The van der Waals surface area contributed by atoms with Crippen LogP contribution in [0, 0.1) is 0 Å². The normalized spacial score (nSPS) is 10.5. The molecule has 0 aliphatic carbocycles. The highest BCUT2D eigenvalue weighted by Crippen LogP contribution is 2.24. The molecule has 0 heterocycles. The Hall–Kier alpha value is -1.06. The molecule has 0 bridgehead atoms. The first-order chi connectivity index (χ1) is 7.63. The van der Waals surface area contributed by atoms with Crippen molar-refractivity contribution >= 4 is 17.9 Å². The van der Waals surface area contributed by atoms with E-state index in [1.807, 2.05) is 13.8 Å². The quantitative estimate of drug-likeness (QED) is 0.568. The first-order valence-electron chi connectivity index (χ1n) is 5.12. The molecule has 0 spiro atoms. The van der Waals surface area contributed by atoms with Crippen LogP contribution in [0.15, 0.2) is 18.2 Å². The van der Waals surface area contributed by atoms with Crippen molar-refractivity contribution in [3.63, 3.8) is 0 Å². The van der Waals surface area contributed by atoms with Gasteiger partial charge < -0.3 is 9.47 Å². The molecule has 0 atom stereocenters. The molecule has 1 aromatic carbocycles. The van der Waals surface area contributed by atoms with Crippen molar-refractivity contribution in [1.29, 1.82) is 0 Å². The van der Waals surface area contributed by atoms with E-state index in [4.69, 9.17) is 21.1 Å². The average Bonchev–Trinajstić information content (AvgIpc) is 2.25. The molecule has 0 fully saturated rings. The molecular formula is C12H15ClO3. The van der Waals surface area contributed by atoms with Gasteiger partial charge in [0.2, 0.25) is 0 Å². The van der Waals surface area contributed by atoms with Gasteiger partial charge in [-0.15, -0.1) is 0 Å². The zero-order chi connectivity index (χ0) is 12.0. The second kappa shape index (κ2) is 6.51. The van der Waals surface area contributed by atoms with Crippen LogP contribution in [0.25, 0.3) is 0 Å². The highest BCUT2D eigenvalue weighted by molar-refractivity contribution is 6.32. The summed E-state index contributed by atoms with van der Waals surface area (Å²) in [4.78, 5) is 10.5. The van der Waals surface area contributed by atoms with Crippen LogP contribution in [0.3, 0.4) is 0 Å². The van der Waals surface area contributed by atoms with E-state index >= 15 is 0 Å². The maximum atomic E-state index is 10.5. The predicted molar refractivity (Wildman–Crippen MR) is 63.4 cm³/mol. The zero-order valence-electron chi connectivity index (χ0n) is 9.40. The summed E-state index contributed by atoms with van der Waals surface area (Å²) in [5, 5.41) is 0.439. The van der Waals surface area contributed by atoms with E-state index in [2.05, 4.69) is 0 Å². The topological polar surface area (TPSA) is 35.5 Å². The van der Waals surface area contributed by atoms with Crippen LogP contribution in [0.4, 0.5) is 0 Å². The molecule has 0 saturated heterocycles. The molecule has 88 valence electrons. The molecule has 1 rings (SSSR count). The Balaban J connectivity index is 2.45. The lowest BCUT2D eigenvalue weighted by Crippen LogP contribution is -2.11. The Morgan fingerprint density at radius 2 is 2.12 bits per heavy atom. The highest BCUT2D eigenvalue weighted by Gasteiger charge is 2.02. The van der Waals surface area contributed by atoms with E-state index in [9.17, 15) is 4.79 Å². The lowest BCUT2D eigenvalue weighted by Gasteiger charge is -2.10. The van der Waals surface area contributed by atoms with Crippen molar-refractivity contribution < 1.29 is 14.3 Å². The third-order valence-electron chi connectivity index (χ3n) is 1.88. The standard InChI is InChI=1S/C12H15ClO3/c1-9(2)15-5-6-16-12-4-3-10(8-14)7-11(12)13/h3-4,7-9H,5-6H2,1-2H3. The van der Waals surface area contributed by atoms with Crippen LogP contribution in [0.1, 0.15) is 24.2 Å². The third-order valence-corrected chi connectivity index (χ3v) is 2.18. The van der Waals surface area contributed by atoms with Gasteiger partial charge in [0.1, 0.15) is 18.6 Å². The number of ether oxygens (including phenoxy) is 2. The van der Waals surface area contributed by atoms with Gasteiger partial charge in [0, 0.05) is 5.56 Å². The van der Waals surface area contributed by atoms with Crippen LogP contribution >= 0.6 is 11.6 Å². The van der Waals surface area contributed by atoms with Gasteiger partial charge in [-0.2, -0.15) is 0 Å². The molecule has 0 aliphatic rings. The molecule has 0 aliphatic heterocycles. The Morgan fingerprint density at radius 3 is 2.69 bits per heavy atom. The molecule has 3 nitrogen and oxygen atoms in total. The number of carbonyl (C=O) groups excluding carboxylic acids is 1. The SMILES string of the molecule is CC(C)OCCOc1ccc(C=O)cc1Cl. The minimum absolute atomic E-state index is 0.191. The Morgan fingerprint density at radius 1 is 1.38 bits per heavy atom. The zero-order valence-corrected chi connectivity index (χ0v) is 10.2. The summed E-state index contributed by atoms with van der Waals surface area (Å²) < 4.78 is 10.7. The molecule has 1 aromatic rings. The second-order valence-electron chi connectivity index (χ2n) is 3.58. The number of carbonyl (C=O) groups is 1. The van der Waals surface area contributed by atoms with Crippen LogP contribution in [0.2, 0.25) is 5.02 Å². The number of hydrogen-bond donors (Lipinski definition) is 0. The van der Waals surface area contributed by atoms with E-state index in [0.717, 1.165) is 6.29 Å². The minimum Gasteiger partial charge on any atom is -0.490 e. The van der Waals surface area contributed by atoms with Gasteiger partial charge in [-0.05, 0) is 32.0 Å². The predicted octanol–water partition coefficient (Wildman–Crippen LogP) is 2.96. The molecule has 4 heteroatoms. The maximum absolute atomic E-state index is 10.5. The van der Waals surface area contributed by atoms with E-state index in [-0.39, 0.29) is 6.10 Å². The summed E-state index contributed by atoms with van der Waals surface area (Å²) in [5.41, 5.74) is 0.538. The van der Waals surface area contributed by atoms with Crippen molar-refractivity contribution in [2.75, 3.05) is 13.2 Å². The van der Waals surface area contributed by atoms with Gasteiger partial charge in [0.15, 0.2) is 0 Å². The summed E-state index contributed by atoms with van der Waals surface area (Å²) in [6, 6.07) is 4.92. The summed E-state index contributed by atoms with van der Waals surface area (Å²) in [6.07, 6.45) is 0.939.